The number of azo groups is 1. The van der Waals surface area contributed by atoms with Crippen molar-refractivity contribution in [3.05, 3.63) is 35.2 Å². The third kappa shape index (κ3) is 7.85. The van der Waals surface area contributed by atoms with E-state index in [1.165, 1.54) is 56.0 Å². The second kappa shape index (κ2) is 12.7. The average molecular weight is 498 g/mol. The number of nitrogens with one attached hydrogen (secondary N) is 1. The number of halogens is 3. The van der Waals surface area contributed by atoms with Gasteiger partial charge in [-0.2, -0.15) is 37.1 Å². The van der Waals surface area contributed by atoms with Crippen LogP contribution >= 0.6 is 0 Å². The van der Waals surface area contributed by atoms with E-state index in [2.05, 4.69) is 29.1 Å². The van der Waals surface area contributed by atoms with Crippen molar-refractivity contribution in [2.24, 2.45) is 17.3 Å². The van der Waals surface area contributed by atoms with Gasteiger partial charge in [0, 0.05) is 7.05 Å². The number of hydrogen-bond donors (Lipinski definition) is 1. The second-order valence-electron chi connectivity index (χ2n) is 7.22. The van der Waals surface area contributed by atoms with Crippen molar-refractivity contribution in [1.29, 1.82) is 10.5 Å². The largest absolute Gasteiger partial charge is 0.516 e. The van der Waals surface area contributed by atoms with Crippen LogP contribution in [0.4, 0.5) is 30.5 Å². The highest BCUT2D eigenvalue weighted by Gasteiger charge is 2.46. The summed E-state index contributed by atoms with van der Waals surface area (Å²) in [6.45, 7) is 6.04. The summed E-state index contributed by atoms with van der Waals surface area (Å²) in [6, 6.07) is 7.35. The van der Waals surface area contributed by atoms with Crippen molar-refractivity contribution in [1.82, 2.24) is 9.55 Å². The first-order chi connectivity index (χ1) is 15.9. The Bertz CT molecular complexity index is 1190. The van der Waals surface area contributed by atoms with Crippen molar-refractivity contribution in [3.63, 3.8) is 0 Å². The number of alkyl halides is 3. The van der Waals surface area contributed by atoms with E-state index in [1.54, 1.807) is 19.1 Å². The van der Waals surface area contributed by atoms with Crippen LogP contribution in [0.2, 0.25) is 0 Å². The Morgan fingerprint density at radius 1 is 1.09 bits per heavy atom. The summed E-state index contributed by atoms with van der Waals surface area (Å²) >= 11 is 0. The molecular formula is C21H26F3N7O2S. The van der Waals surface area contributed by atoms with E-state index in [4.69, 9.17) is 10.5 Å². The Balaban J connectivity index is 0.000000718. The van der Waals surface area contributed by atoms with Gasteiger partial charge in [-0.05, 0) is 24.6 Å². The van der Waals surface area contributed by atoms with Gasteiger partial charge in [0.2, 0.25) is 0 Å². The van der Waals surface area contributed by atoms with E-state index in [9.17, 15) is 21.6 Å². The van der Waals surface area contributed by atoms with Crippen LogP contribution in [0.5, 0.6) is 0 Å². The molecule has 2 aromatic rings. The van der Waals surface area contributed by atoms with Gasteiger partial charge in [0.05, 0.1) is 5.69 Å². The fraction of sp³-hybridized carbons (Fsp3) is 0.476. The first kappa shape index (κ1) is 28.6. The summed E-state index contributed by atoms with van der Waals surface area (Å²) in [5.74, 6) is -0.159. The molecule has 0 saturated heterocycles. The topological polar surface area (TPSA) is 136 Å². The Labute approximate surface area is 197 Å². The van der Waals surface area contributed by atoms with Crippen LogP contribution in [0.15, 0.2) is 28.4 Å². The SMILES string of the molecule is CCCCCCC.Cc1ccc(N=Nc2nc(C#N)c(C#N)n2C)c(NS(=O)(=O)C(F)(F)F)c1. The van der Waals surface area contributed by atoms with E-state index in [1.807, 2.05) is 0 Å². The minimum absolute atomic E-state index is 0.0756. The molecule has 0 fully saturated rings. The Hall–Kier alpha value is -3.45. The molecule has 13 heteroatoms. The second-order valence-corrected chi connectivity index (χ2v) is 8.90. The zero-order chi connectivity index (χ0) is 25.9. The number of hydrogen-bond acceptors (Lipinski definition) is 7. The molecular weight excluding hydrogens is 471 g/mol. The van der Waals surface area contributed by atoms with Crippen LogP contribution in [0.3, 0.4) is 0 Å². The number of anilines is 1. The lowest BCUT2D eigenvalue weighted by atomic mass is 10.2. The first-order valence-corrected chi connectivity index (χ1v) is 11.9. The normalized spacial score (nSPS) is 11.4. The van der Waals surface area contributed by atoms with E-state index in [0.717, 1.165) is 10.6 Å². The van der Waals surface area contributed by atoms with Gasteiger partial charge in [-0.25, -0.2) is 0 Å². The molecule has 1 N–H and O–H groups in total. The fourth-order valence-electron chi connectivity index (χ4n) is 2.58. The Kier molecular flexibility index (Phi) is 10.7. The van der Waals surface area contributed by atoms with Gasteiger partial charge in [0.25, 0.3) is 5.95 Å². The summed E-state index contributed by atoms with van der Waals surface area (Å²) in [4.78, 5) is 3.78. The summed E-state index contributed by atoms with van der Waals surface area (Å²) in [5, 5.41) is 25.3. The molecule has 0 aliphatic carbocycles. The van der Waals surface area contributed by atoms with Crippen molar-refractivity contribution < 1.29 is 21.6 Å². The highest BCUT2D eigenvalue weighted by atomic mass is 32.2. The maximum atomic E-state index is 12.6. The monoisotopic (exact) mass is 497 g/mol. The number of benzene rings is 1. The van der Waals surface area contributed by atoms with E-state index in [-0.39, 0.29) is 23.0 Å². The summed E-state index contributed by atoms with van der Waals surface area (Å²) in [7, 11) is -4.26. The van der Waals surface area contributed by atoms with Gasteiger partial charge in [0.15, 0.2) is 11.4 Å². The van der Waals surface area contributed by atoms with Crippen molar-refractivity contribution in [2.45, 2.75) is 58.4 Å². The van der Waals surface area contributed by atoms with Gasteiger partial charge >= 0.3 is 15.5 Å². The smallest absolute Gasteiger partial charge is 0.301 e. The molecule has 1 heterocycles. The summed E-state index contributed by atoms with van der Waals surface area (Å²) in [6.07, 6.45) is 7.01. The molecule has 0 saturated carbocycles. The molecule has 0 aliphatic rings. The lowest BCUT2D eigenvalue weighted by Gasteiger charge is -2.12. The average Bonchev–Trinajstić information content (AvgIpc) is 3.07. The summed E-state index contributed by atoms with van der Waals surface area (Å²) in [5.41, 5.74) is -5.96. The number of unbranched alkanes of at least 4 members (excludes halogenated alkanes) is 4. The van der Waals surface area contributed by atoms with Crippen LogP contribution in [0.25, 0.3) is 0 Å². The lowest BCUT2D eigenvalue weighted by molar-refractivity contribution is -0.0429. The molecule has 34 heavy (non-hydrogen) atoms. The molecule has 1 aromatic heterocycles. The van der Waals surface area contributed by atoms with Gasteiger partial charge < -0.3 is 4.57 Å². The number of sulfonamides is 1. The molecule has 2 rings (SSSR count). The van der Waals surface area contributed by atoms with Crippen molar-refractivity contribution in [3.8, 4) is 12.1 Å². The zero-order valence-electron chi connectivity index (χ0n) is 19.3. The number of aryl methyl sites for hydroxylation is 1. The minimum atomic E-state index is -5.65. The minimum Gasteiger partial charge on any atom is -0.301 e. The third-order valence-corrected chi connectivity index (χ3v) is 5.54. The zero-order valence-corrected chi connectivity index (χ0v) is 20.1. The molecule has 0 atom stereocenters. The Morgan fingerprint density at radius 2 is 1.71 bits per heavy atom. The number of rotatable bonds is 8. The number of aromatic nitrogens is 2. The maximum absolute atomic E-state index is 12.6. The molecule has 0 bridgehead atoms. The van der Waals surface area contributed by atoms with E-state index in [0.29, 0.717) is 5.56 Å². The van der Waals surface area contributed by atoms with Gasteiger partial charge in [-0.15, -0.1) is 10.2 Å². The van der Waals surface area contributed by atoms with Crippen molar-refractivity contribution in [2.75, 3.05) is 4.72 Å². The molecule has 0 unspecified atom stereocenters. The highest BCUT2D eigenvalue weighted by molar-refractivity contribution is 7.93. The van der Waals surface area contributed by atoms with Crippen LogP contribution in [-0.4, -0.2) is 23.5 Å². The predicted octanol–water partition coefficient (Wildman–Crippen LogP) is 6.13. The van der Waals surface area contributed by atoms with Gasteiger partial charge in [-0.1, -0.05) is 52.0 Å². The van der Waals surface area contributed by atoms with E-state index < -0.39 is 21.2 Å². The van der Waals surface area contributed by atoms with E-state index >= 15 is 0 Å². The third-order valence-electron chi connectivity index (χ3n) is 4.44. The Morgan fingerprint density at radius 3 is 2.18 bits per heavy atom. The molecule has 0 aliphatic heterocycles. The lowest BCUT2D eigenvalue weighted by Crippen LogP contribution is -2.29. The van der Waals surface area contributed by atoms with Gasteiger partial charge in [-0.3, -0.25) is 4.72 Å². The number of nitrogens with zero attached hydrogens (tertiary/aromatic N) is 6. The number of imidazole rings is 1. The van der Waals surface area contributed by atoms with Crippen molar-refractivity contribution >= 4 is 27.3 Å². The first-order valence-electron chi connectivity index (χ1n) is 10.4. The van der Waals surface area contributed by atoms with Gasteiger partial charge in [0.1, 0.15) is 17.8 Å². The molecule has 0 amide bonds. The molecule has 184 valence electrons. The molecule has 0 spiro atoms. The van der Waals surface area contributed by atoms with Crippen LogP contribution in [-0.2, 0) is 17.1 Å². The van der Waals surface area contributed by atoms with Crippen LogP contribution in [0, 0.1) is 29.6 Å². The fourth-order valence-corrected chi connectivity index (χ4v) is 3.15. The highest BCUT2D eigenvalue weighted by Crippen LogP contribution is 2.32. The predicted molar refractivity (Wildman–Crippen MR) is 121 cm³/mol. The number of nitriles is 2. The molecule has 1 aromatic carbocycles. The molecule has 9 nitrogen and oxygen atoms in total. The quantitative estimate of drug-likeness (QED) is 0.346. The maximum Gasteiger partial charge on any atom is 0.516 e. The van der Waals surface area contributed by atoms with Crippen LogP contribution in [0.1, 0.15) is 62.9 Å². The molecule has 0 radical (unpaired) electrons. The summed E-state index contributed by atoms with van der Waals surface area (Å²) < 4.78 is 63.1. The standard InChI is InChI=1S/C14H10F3N7O2S.C7H16/c1-8-3-4-9(10(5-8)23-27(25,26)14(15,16)17)21-22-13-20-11(6-18)12(7-19)24(13)2;1-3-5-7-6-4-2/h3-5,23H,1-2H3;3-7H2,1-2H3. The van der Waals surface area contributed by atoms with Crippen LogP contribution < -0.4 is 4.72 Å².